The Labute approximate surface area is 236 Å². The number of ether oxygens (including phenoxy) is 1. The average Bonchev–Trinajstić information content (AvgIpc) is 3.40. The number of amides is 1. The van der Waals surface area contributed by atoms with E-state index < -0.39 is 0 Å². The molecule has 0 spiro atoms. The van der Waals surface area contributed by atoms with E-state index in [-0.39, 0.29) is 5.91 Å². The molecule has 3 aromatic rings. The molecule has 1 amide bonds. The minimum absolute atomic E-state index is 0.336. The van der Waals surface area contributed by atoms with Gasteiger partial charge in [-0.2, -0.15) is 4.98 Å². The van der Waals surface area contributed by atoms with E-state index in [0.29, 0.717) is 52.1 Å². The van der Waals surface area contributed by atoms with E-state index in [1.165, 1.54) is 11.1 Å². The number of nitrogens with one attached hydrogen (secondary N) is 1. The van der Waals surface area contributed by atoms with E-state index in [4.69, 9.17) is 32.9 Å². The number of fused-ring (bicyclic) bond motifs is 3. The third kappa shape index (κ3) is 4.52. The molecule has 0 saturated carbocycles. The molecule has 0 bridgehead atoms. The SMILES string of the molecule is COc1cc(Nc2ncc3c(n2)N2CCN=C2N(c2c(Cl)cccc2Cl)C3=O)cc(C)c1N1CCN(C)CC1. The van der Waals surface area contributed by atoms with Crippen LogP contribution in [0.5, 0.6) is 5.75 Å². The van der Waals surface area contributed by atoms with Gasteiger partial charge in [-0.1, -0.05) is 29.3 Å². The Morgan fingerprint density at radius 3 is 2.49 bits per heavy atom. The number of rotatable bonds is 5. The summed E-state index contributed by atoms with van der Waals surface area (Å²) in [6.45, 7) is 7.06. The number of hydrogen-bond donors (Lipinski definition) is 1. The predicted molar refractivity (Wildman–Crippen MR) is 156 cm³/mol. The number of carbonyl (C=O) groups is 1. The number of anilines is 5. The fourth-order valence-corrected chi connectivity index (χ4v) is 5.84. The van der Waals surface area contributed by atoms with Crippen LogP contribution in [0.4, 0.5) is 28.8 Å². The number of benzene rings is 2. The number of para-hydroxylation sites is 1. The minimum Gasteiger partial charge on any atom is -0.494 e. The van der Waals surface area contributed by atoms with Crippen molar-refractivity contribution in [2.75, 3.05) is 73.4 Å². The molecule has 0 atom stereocenters. The summed E-state index contributed by atoms with van der Waals surface area (Å²) in [4.78, 5) is 35.5. The number of aromatic nitrogens is 2. The zero-order valence-electron chi connectivity index (χ0n) is 21.9. The number of likely N-dealkylation sites (N-methyl/N-ethyl adjacent to an activating group) is 1. The highest BCUT2D eigenvalue weighted by molar-refractivity contribution is 6.43. The quantitative estimate of drug-likeness (QED) is 0.485. The smallest absolute Gasteiger partial charge is 0.270 e. The van der Waals surface area contributed by atoms with E-state index >= 15 is 0 Å². The number of carbonyl (C=O) groups excluding carboxylic acids is 1. The lowest BCUT2D eigenvalue weighted by atomic mass is 10.1. The molecule has 1 N–H and O–H groups in total. The van der Waals surface area contributed by atoms with Crippen molar-refractivity contribution < 1.29 is 9.53 Å². The summed E-state index contributed by atoms with van der Waals surface area (Å²) in [5.74, 6) is 1.76. The van der Waals surface area contributed by atoms with Gasteiger partial charge in [0.15, 0.2) is 5.82 Å². The second-order valence-electron chi connectivity index (χ2n) is 9.73. The molecule has 202 valence electrons. The maximum Gasteiger partial charge on any atom is 0.270 e. The molecule has 1 fully saturated rings. The van der Waals surface area contributed by atoms with Crippen LogP contribution in [0.1, 0.15) is 15.9 Å². The number of guanidine groups is 1. The molecular weight excluding hydrogens is 539 g/mol. The minimum atomic E-state index is -0.336. The number of aryl methyl sites for hydroxylation is 1. The van der Waals surface area contributed by atoms with Crippen LogP contribution >= 0.6 is 23.2 Å². The summed E-state index contributed by atoms with van der Waals surface area (Å²) in [6, 6.07) is 9.15. The van der Waals surface area contributed by atoms with Gasteiger partial charge in [-0.25, -0.2) is 9.88 Å². The maximum absolute atomic E-state index is 13.6. The second kappa shape index (κ2) is 10.2. The van der Waals surface area contributed by atoms with Crippen molar-refractivity contribution in [3.63, 3.8) is 0 Å². The number of halogens is 2. The van der Waals surface area contributed by atoms with Crippen LogP contribution in [0.15, 0.2) is 41.5 Å². The molecule has 3 aliphatic rings. The molecule has 10 nitrogen and oxygen atoms in total. The van der Waals surface area contributed by atoms with Gasteiger partial charge in [-0.05, 0) is 37.7 Å². The normalized spacial score (nSPS) is 17.2. The average molecular weight is 567 g/mol. The van der Waals surface area contributed by atoms with E-state index in [9.17, 15) is 4.79 Å². The number of hydrogen-bond acceptors (Lipinski definition) is 9. The van der Waals surface area contributed by atoms with Gasteiger partial charge in [0.1, 0.15) is 11.3 Å². The van der Waals surface area contributed by atoms with Crippen LogP contribution < -0.4 is 24.8 Å². The third-order valence-electron chi connectivity index (χ3n) is 7.20. The Morgan fingerprint density at radius 2 is 1.77 bits per heavy atom. The molecule has 2 aromatic carbocycles. The van der Waals surface area contributed by atoms with Crippen LogP contribution in [0.3, 0.4) is 0 Å². The largest absolute Gasteiger partial charge is 0.494 e. The van der Waals surface area contributed by atoms with Crippen molar-refractivity contribution in [1.82, 2.24) is 14.9 Å². The van der Waals surface area contributed by atoms with Gasteiger partial charge in [0.05, 0.1) is 35.1 Å². The second-order valence-corrected chi connectivity index (χ2v) is 10.5. The van der Waals surface area contributed by atoms with Crippen molar-refractivity contribution >= 4 is 63.9 Å². The molecular formula is C27H28Cl2N8O2. The summed E-state index contributed by atoms with van der Waals surface area (Å²) in [7, 11) is 3.82. The molecule has 12 heteroatoms. The molecule has 0 aliphatic carbocycles. The fraction of sp³-hybridized carbons (Fsp3) is 0.333. The van der Waals surface area contributed by atoms with Crippen molar-refractivity contribution in [2.24, 2.45) is 4.99 Å². The molecule has 3 aliphatic heterocycles. The Bertz CT molecular complexity index is 1470. The van der Waals surface area contributed by atoms with E-state index in [2.05, 4.69) is 45.1 Å². The summed E-state index contributed by atoms with van der Waals surface area (Å²) < 4.78 is 5.79. The summed E-state index contributed by atoms with van der Waals surface area (Å²) in [6.07, 6.45) is 1.53. The lowest BCUT2D eigenvalue weighted by molar-refractivity contribution is 0.1000. The van der Waals surface area contributed by atoms with Gasteiger partial charge in [0.2, 0.25) is 11.9 Å². The summed E-state index contributed by atoms with van der Waals surface area (Å²) in [5, 5.41) is 4.02. The monoisotopic (exact) mass is 566 g/mol. The van der Waals surface area contributed by atoms with Crippen LogP contribution in [0.25, 0.3) is 0 Å². The Hall–Kier alpha value is -3.60. The van der Waals surface area contributed by atoms with Gasteiger partial charge in [0.25, 0.3) is 5.91 Å². The number of methoxy groups -OCH3 is 1. The zero-order valence-corrected chi connectivity index (χ0v) is 23.4. The van der Waals surface area contributed by atoms with Gasteiger partial charge in [-0.15, -0.1) is 0 Å². The topological polar surface area (TPSA) is 89.4 Å². The summed E-state index contributed by atoms with van der Waals surface area (Å²) in [5.41, 5.74) is 3.73. The first-order chi connectivity index (χ1) is 18.9. The van der Waals surface area contributed by atoms with E-state index in [1.54, 1.807) is 25.3 Å². The lowest BCUT2D eigenvalue weighted by Crippen LogP contribution is -2.51. The van der Waals surface area contributed by atoms with Crippen LogP contribution in [0.2, 0.25) is 10.0 Å². The zero-order chi connectivity index (χ0) is 27.3. The first kappa shape index (κ1) is 25.7. The molecule has 0 radical (unpaired) electrons. The van der Waals surface area contributed by atoms with Gasteiger partial charge in [-0.3, -0.25) is 14.7 Å². The molecule has 6 rings (SSSR count). The molecule has 0 unspecified atom stereocenters. The third-order valence-corrected chi connectivity index (χ3v) is 7.81. The highest BCUT2D eigenvalue weighted by Crippen LogP contribution is 2.40. The van der Waals surface area contributed by atoms with Crippen molar-refractivity contribution in [3.8, 4) is 5.75 Å². The molecule has 1 saturated heterocycles. The van der Waals surface area contributed by atoms with Crippen molar-refractivity contribution in [1.29, 1.82) is 0 Å². The first-order valence-corrected chi connectivity index (χ1v) is 13.5. The summed E-state index contributed by atoms with van der Waals surface area (Å²) >= 11 is 12.9. The number of aliphatic imine (C=N–C) groups is 1. The lowest BCUT2D eigenvalue weighted by Gasteiger charge is -2.36. The highest BCUT2D eigenvalue weighted by atomic mass is 35.5. The standard InChI is InChI=1S/C27H28Cl2N8O2/c1-16-13-17(14-21(39-3)22(16)35-11-9-34(2)10-12-35)32-26-31-15-18-24(33-26)36-8-7-30-27(36)37(25(18)38)23-19(28)5-4-6-20(23)29/h4-6,13-15H,7-12H2,1-3H3,(H,31,32,33). The van der Waals surface area contributed by atoms with Crippen LogP contribution in [0, 0.1) is 6.92 Å². The highest BCUT2D eigenvalue weighted by Gasteiger charge is 2.41. The first-order valence-electron chi connectivity index (χ1n) is 12.7. The van der Waals surface area contributed by atoms with Crippen LogP contribution in [-0.2, 0) is 0 Å². The van der Waals surface area contributed by atoms with Crippen LogP contribution in [-0.4, -0.2) is 80.2 Å². The number of nitrogens with zero attached hydrogens (tertiary/aromatic N) is 7. The van der Waals surface area contributed by atoms with Crippen molar-refractivity contribution in [2.45, 2.75) is 6.92 Å². The molecule has 39 heavy (non-hydrogen) atoms. The number of piperazine rings is 1. The predicted octanol–water partition coefficient (Wildman–Crippen LogP) is 4.43. The van der Waals surface area contributed by atoms with E-state index in [0.717, 1.165) is 48.9 Å². The van der Waals surface area contributed by atoms with Gasteiger partial charge >= 0.3 is 0 Å². The van der Waals surface area contributed by atoms with Gasteiger partial charge in [0, 0.05) is 50.7 Å². The fourth-order valence-electron chi connectivity index (χ4n) is 5.27. The molecule has 4 heterocycles. The van der Waals surface area contributed by atoms with Crippen molar-refractivity contribution in [3.05, 3.63) is 57.7 Å². The molecule has 1 aromatic heterocycles. The Balaban J connectivity index is 1.32. The maximum atomic E-state index is 13.6. The Morgan fingerprint density at radius 1 is 1.03 bits per heavy atom. The Kier molecular flexibility index (Phi) is 6.70. The van der Waals surface area contributed by atoms with E-state index in [1.807, 2.05) is 11.0 Å². The van der Waals surface area contributed by atoms with Gasteiger partial charge < -0.3 is 19.9 Å².